The van der Waals surface area contributed by atoms with Crippen LogP contribution in [0, 0.1) is 12.5 Å². The summed E-state index contributed by atoms with van der Waals surface area (Å²) in [4.78, 5) is 5.56. The van der Waals surface area contributed by atoms with Gasteiger partial charge < -0.3 is 4.85 Å². The van der Waals surface area contributed by atoms with Crippen molar-refractivity contribution in [3.8, 4) is 0 Å². The van der Waals surface area contributed by atoms with Crippen LogP contribution in [-0.2, 0) is 0 Å². The summed E-state index contributed by atoms with van der Waals surface area (Å²) >= 11 is 0. The van der Waals surface area contributed by atoms with E-state index in [0.717, 1.165) is 19.0 Å². The number of hydrogen-bond donors (Lipinski definition) is 0. The summed E-state index contributed by atoms with van der Waals surface area (Å²) in [5.74, 6) is 0.805. The van der Waals surface area contributed by atoms with E-state index in [-0.39, 0.29) is 0 Å². The van der Waals surface area contributed by atoms with E-state index in [9.17, 15) is 0 Å². The molecule has 70 valence electrons. The number of likely N-dealkylation sites (N-methyl/N-ethyl adjacent to an activating group) is 1. The van der Waals surface area contributed by atoms with Crippen LogP contribution in [0.3, 0.4) is 0 Å². The summed E-state index contributed by atoms with van der Waals surface area (Å²) in [6.07, 6.45) is 2.55. The van der Waals surface area contributed by atoms with E-state index in [1.165, 1.54) is 12.8 Å². The molecule has 0 heterocycles. The Bertz CT molecular complexity index is 135. The Morgan fingerprint density at radius 3 is 2.50 bits per heavy atom. The molecule has 0 amide bonds. The highest BCUT2D eigenvalue weighted by Crippen LogP contribution is 2.03. The highest BCUT2D eigenvalue weighted by Gasteiger charge is 1.99. The molecule has 0 aromatic rings. The van der Waals surface area contributed by atoms with E-state index in [0.29, 0.717) is 6.54 Å². The highest BCUT2D eigenvalue weighted by atomic mass is 15.1. The van der Waals surface area contributed by atoms with Gasteiger partial charge in [-0.3, -0.25) is 4.90 Å². The van der Waals surface area contributed by atoms with Crippen molar-refractivity contribution in [2.45, 2.75) is 26.7 Å². The molecule has 0 aromatic heterocycles. The van der Waals surface area contributed by atoms with Gasteiger partial charge in [-0.05, 0) is 32.4 Å². The third-order valence-corrected chi connectivity index (χ3v) is 1.91. The first kappa shape index (κ1) is 11.4. The lowest BCUT2D eigenvalue weighted by Gasteiger charge is -2.13. The van der Waals surface area contributed by atoms with E-state index in [2.05, 4.69) is 30.6 Å². The van der Waals surface area contributed by atoms with Crippen LogP contribution in [0.4, 0.5) is 0 Å². The van der Waals surface area contributed by atoms with Gasteiger partial charge in [-0.15, -0.1) is 0 Å². The molecule has 0 fully saturated rings. The van der Waals surface area contributed by atoms with Crippen LogP contribution in [0.1, 0.15) is 26.7 Å². The molecule has 0 aromatic carbocycles. The van der Waals surface area contributed by atoms with Gasteiger partial charge in [0.1, 0.15) is 0 Å². The summed E-state index contributed by atoms with van der Waals surface area (Å²) in [6.45, 7) is 13.8. The number of rotatable bonds is 6. The Hall–Kier alpha value is -0.550. The van der Waals surface area contributed by atoms with Crippen LogP contribution in [0.5, 0.6) is 0 Å². The van der Waals surface area contributed by atoms with Crippen LogP contribution in [0.25, 0.3) is 4.85 Å². The minimum Gasteiger partial charge on any atom is -0.316 e. The smallest absolute Gasteiger partial charge is 0.227 e. The zero-order valence-electron chi connectivity index (χ0n) is 8.51. The fraction of sp³-hybridized carbons (Fsp3) is 0.900. The topological polar surface area (TPSA) is 7.60 Å². The molecule has 0 bridgehead atoms. The third kappa shape index (κ3) is 7.56. The predicted octanol–water partition coefficient (Wildman–Crippen LogP) is 2.27. The molecule has 0 atom stereocenters. The van der Waals surface area contributed by atoms with Crippen molar-refractivity contribution in [1.82, 2.24) is 4.90 Å². The quantitative estimate of drug-likeness (QED) is 0.552. The van der Waals surface area contributed by atoms with Crippen molar-refractivity contribution in [3.63, 3.8) is 0 Å². The first-order chi connectivity index (χ1) is 5.66. The Labute approximate surface area is 76.4 Å². The average Bonchev–Trinajstić information content (AvgIpc) is 2.00. The van der Waals surface area contributed by atoms with Gasteiger partial charge in [-0.1, -0.05) is 13.8 Å². The maximum absolute atomic E-state index is 6.64. The fourth-order valence-corrected chi connectivity index (χ4v) is 1.10. The molecule has 12 heavy (non-hydrogen) atoms. The molecule has 0 aliphatic heterocycles. The summed E-state index contributed by atoms with van der Waals surface area (Å²) in [7, 11) is 2.09. The van der Waals surface area contributed by atoms with Gasteiger partial charge in [0, 0.05) is 0 Å². The van der Waals surface area contributed by atoms with Gasteiger partial charge in [0.25, 0.3) is 0 Å². The summed E-state index contributed by atoms with van der Waals surface area (Å²) in [5, 5.41) is 0. The van der Waals surface area contributed by atoms with Crippen molar-refractivity contribution < 1.29 is 0 Å². The van der Waals surface area contributed by atoms with Crippen LogP contribution in [0.15, 0.2) is 0 Å². The minimum absolute atomic E-state index is 0.637. The van der Waals surface area contributed by atoms with Crippen molar-refractivity contribution in [2.75, 3.05) is 26.7 Å². The SMILES string of the molecule is [C-]#[N+]CCN(C)CCCC(C)C. The summed E-state index contributed by atoms with van der Waals surface area (Å²) in [5.41, 5.74) is 0. The number of nitrogens with zero attached hydrogens (tertiary/aromatic N) is 2. The standard InChI is InChI=1S/C10H20N2/c1-10(2)6-5-8-12(4)9-7-11-3/h10H,5-9H2,1-2,4H3. The van der Waals surface area contributed by atoms with Gasteiger partial charge in [0.15, 0.2) is 0 Å². The molecular weight excluding hydrogens is 148 g/mol. The van der Waals surface area contributed by atoms with Crippen molar-refractivity contribution in [1.29, 1.82) is 0 Å². The Kier molecular flexibility index (Phi) is 6.79. The second-order valence-corrected chi connectivity index (χ2v) is 3.72. The van der Waals surface area contributed by atoms with E-state index in [4.69, 9.17) is 6.57 Å². The maximum atomic E-state index is 6.64. The van der Waals surface area contributed by atoms with E-state index >= 15 is 0 Å². The molecule has 0 aliphatic rings. The lowest BCUT2D eigenvalue weighted by atomic mass is 10.1. The minimum atomic E-state index is 0.637. The van der Waals surface area contributed by atoms with Gasteiger partial charge in [-0.2, -0.15) is 0 Å². The van der Waals surface area contributed by atoms with Crippen molar-refractivity contribution in [3.05, 3.63) is 11.4 Å². The lowest BCUT2D eigenvalue weighted by Crippen LogP contribution is -2.22. The summed E-state index contributed by atoms with van der Waals surface area (Å²) < 4.78 is 0. The molecular formula is C10H20N2. The molecule has 2 nitrogen and oxygen atoms in total. The average molecular weight is 168 g/mol. The van der Waals surface area contributed by atoms with Gasteiger partial charge in [0.05, 0.1) is 6.54 Å². The van der Waals surface area contributed by atoms with Crippen LogP contribution in [0.2, 0.25) is 0 Å². The molecule has 0 N–H and O–H groups in total. The fourth-order valence-electron chi connectivity index (χ4n) is 1.10. The lowest BCUT2D eigenvalue weighted by molar-refractivity contribution is 0.331. The molecule has 0 aliphatic carbocycles. The van der Waals surface area contributed by atoms with E-state index in [1.54, 1.807) is 0 Å². The zero-order chi connectivity index (χ0) is 9.40. The monoisotopic (exact) mass is 168 g/mol. The largest absolute Gasteiger partial charge is 0.316 e. The Morgan fingerprint density at radius 2 is 2.00 bits per heavy atom. The first-order valence-corrected chi connectivity index (χ1v) is 4.68. The van der Waals surface area contributed by atoms with Gasteiger partial charge in [0.2, 0.25) is 6.54 Å². The van der Waals surface area contributed by atoms with Crippen LogP contribution >= 0.6 is 0 Å². The number of hydrogen-bond acceptors (Lipinski definition) is 1. The Balaban J connectivity index is 3.20. The van der Waals surface area contributed by atoms with Crippen LogP contribution < -0.4 is 0 Å². The van der Waals surface area contributed by atoms with Crippen molar-refractivity contribution in [2.24, 2.45) is 5.92 Å². The normalized spacial score (nSPS) is 10.7. The van der Waals surface area contributed by atoms with Crippen LogP contribution in [-0.4, -0.2) is 31.6 Å². The molecule has 0 radical (unpaired) electrons. The second-order valence-electron chi connectivity index (χ2n) is 3.72. The molecule has 0 spiro atoms. The molecule has 0 unspecified atom stereocenters. The van der Waals surface area contributed by atoms with E-state index in [1.807, 2.05) is 0 Å². The van der Waals surface area contributed by atoms with Gasteiger partial charge >= 0.3 is 0 Å². The molecule has 0 saturated carbocycles. The third-order valence-electron chi connectivity index (χ3n) is 1.91. The summed E-state index contributed by atoms with van der Waals surface area (Å²) in [6, 6.07) is 0. The maximum Gasteiger partial charge on any atom is 0.227 e. The first-order valence-electron chi connectivity index (χ1n) is 4.68. The predicted molar refractivity (Wildman–Crippen MR) is 53.0 cm³/mol. The van der Waals surface area contributed by atoms with Gasteiger partial charge in [-0.25, -0.2) is 6.57 Å². The highest BCUT2D eigenvalue weighted by molar-refractivity contribution is 4.63. The van der Waals surface area contributed by atoms with Crippen molar-refractivity contribution >= 4 is 0 Å². The second kappa shape index (κ2) is 7.12. The zero-order valence-corrected chi connectivity index (χ0v) is 8.51. The molecule has 0 saturated heterocycles. The molecule has 0 rings (SSSR count). The molecule has 2 heteroatoms. The van der Waals surface area contributed by atoms with E-state index < -0.39 is 0 Å². The Morgan fingerprint density at radius 1 is 1.33 bits per heavy atom.